The third-order valence-electron chi connectivity index (χ3n) is 3.85. The Hall–Kier alpha value is -1.24. The van der Waals surface area contributed by atoms with E-state index in [0.29, 0.717) is 12.0 Å². The molecule has 1 aliphatic rings. The number of piperazine rings is 1. The lowest BCUT2D eigenvalue weighted by molar-refractivity contribution is 0.0956. The molecule has 106 valence electrons. The van der Waals surface area contributed by atoms with Crippen LogP contribution < -0.4 is 11.3 Å². The summed E-state index contributed by atoms with van der Waals surface area (Å²) in [6.07, 6.45) is 2.96. The second kappa shape index (κ2) is 6.79. The van der Waals surface area contributed by atoms with Crippen molar-refractivity contribution in [3.05, 3.63) is 18.0 Å². The molecular weight excluding hydrogens is 240 g/mol. The van der Waals surface area contributed by atoms with Crippen molar-refractivity contribution in [2.45, 2.75) is 32.9 Å². The number of nitrogens with one attached hydrogen (secondary N) is 1. The average molecular weight is 264 g/mol. The van der Waals surface area contributed by atoms with E-state index in [1.165, 1.54) is 6.42 Å². The van der Waals surface area contributed by atoms with Gasteiger partial charge in [-0.3, -0.25) is 15.2 Å². The highest BCUT2D eigenvalue weighted by Crippen LogP contribution is 2.11. The molecular formula is C13H24N6. The minimum absolute atomic E-state index is 0.482. The molecule has 1 aromatic rings. The van der Waals surface area contributed by atoms with Gasteiger partial charge in [0.15, 0.2) is 0 Å². The van der Waals surface area contributed by atoms with Crippen molar-refractivity contribution >= 4 is 5.95 Å². The van der Waals surface area contributed by atoms with E-state index in [4.69, 9.17) is 5.84 Å². The van der Waals surface area contributed by atoms with E-state index in [1.54, 1.807) is 6.20 Å². The van der Waals surface area contributed by atoms with Crippen molar-refractivity contribution in [2.24, 2.45) is 5.84 Å². The van der Waals surface area contributed by atoms with Crippen LogP contribution in [0.3, 0.4) is 0 Å². The Bertz CT molecular complexity index is 388. The van der Waals surface area contributed by atoms with E-state index in [1.807, 2.05) is 6.07 Å². The Balaban J connectivity index is 1.85. The summed E-state index contributed by atoms with van der Waals surface area (Å²) in [5.74, 6) is 5.81. The summed E-state index contributed by atoms with van der Waals surface area (Å²) in [4.78, 5) is 13.4. The number of nitrogens with zero attached hydrogens (tertiary/aromatic N) is 4. The van der Waals surface area contributed by atoms with Crippen molar-refractivity contribution in [1.82, 2.24) is 19.8 Å². The van der Waals surface area contributed by atoms with Crippen LogP contribution in [0.2, 0.25) is 0 Å². The number of anilines is 1. The molecule has 0 radical (unpaired) electrons. The van der Waals surface area contributed by atoms with Gasteiger partial charge in [-0.1, -0.05) is 6.92 Å². The van der Waals surface area contributed by atoms with E-state index in [2.05, 4.69) is 39.0 Å². The maximum absolute atomic E-state index is 5.32. The third-order valence-corrected chi connectivity index (χ3v) is 3.85. The van der Waals surface area contributed by atoms with Crippen LogP contribution >= 0.6 is 0 Å². The average Bonchev–Trinajstić information content (AvgIpc) is 2.47. The van der Waals surface area contributed by atoms with Gasteiger partial charge in [-0.05, 0) is 19.4 Å². The fourth-order valence-corrected chi connectivity index (χ4v) is 2.40. The van der Waals surface area contributed by atoms with Crippen LogP contribution in [-0.4, -0.2) is 52.0 Å². The largest absolute Gasteiger partial charge is 0.298 e. The van der Waals surface area contributed by atoms with Gasteiger partial charge in [0, 0.05) is 45.0 Å². The maximum atomic E-state index is 5.32. The van der Waals surface area contributed by atoms with Crippen LogP contribution in [-0.2, 0) is 6.54 Å². The second-order valence-corrected chi connectivity index (χ2v) is 5.09. The molecule has 0 spiro atoms. The summed E-state index contributed by atoms with van der Waals surface area (Å²) < 4.78 is 0. The van der Waals surface area contributed by atoms with Gasteiger partial charge in [0.2, 0.25) is 5.95 Å². The van der Waals surface area contributed by atoms with Gasteiger partial charge in [0.1, 0.15) is 0 Å². The highest BCUT2D eigenvalue weighted by atomic mass is 15.3. The molecule has 0 amide bonds. The molecule has 1 unspecified atom stereocenters. The van der Waals surface area contributed by atoms with Gasteiger partial charge in [0.25, 0.3) is 0 Å². The molecule has 1 saturated heterocycles. The zero-order valence-corrected chi connectivity index (χ0v) is 11.8. The number of hydrogen-bond donors (Lipinski definition) is 2. The quantitative estimate of drug-likeness (QED) is 0.602. The number of nitrogen functional groups attached to an aromatic ring is 1. The molecule has 3 N–H and O–H groups in total. The standard InChI is InChI=1S/C13H24N6/c1-3-11(2)19-8-6-18(7-9-19)10-12-4-5-15-13(16-12)17-14/h4-5,11H,3,6-10,14H2,1-2H3,(H,15,16,17). The van der Waals surface area contributed by atoms with E-state index >= 15 is 0 Å². The Kier molecular flexibility index (Phi) is 5.07. The molecule has 1 aromatic heterocycles. The van der Waals surface area contributed by atoms with Crippen LogP contribution in [0.5, 0.6) is 0 Å². The fraction of sp³-hybridized carbons (Fsp3) is 0.692. The lowest BCUT2D eigenvalue weighted by Crippen LogP contribution is -2.49. The van der Waals surface area contributed by atoms with E-state index < -0.39 is 0 Å². The highest BCUT2D eigenvalue weighted by molar-refractivity contribution is 5.22. The summed E-state index contributed by atoms with van der Waals surface area (Å²) in [6, 6.07) is 2.64. The lowest BCUT2D eigenvalue weighted by atomic mass is 10.2. The summed E-state index contributed by atoms with van der Waals surface area (Å²) in [5.41, 5.74) is 3.50. The zero-order valence-electron chi connectivity index (χ0n) is 11.8. The van der Waals surface area contributed by atoms with Gasteiger partial charge in [-0.15, -0.1) is 0 Å². The number of nitrogens with two attached hydrogens (primary N) is 1. The van der Waals surface area contributed by atoms with E-state index in [0.717, 1.165) is 38.4 Å². The van der Waals surface area contributed by atoms with Crippen molar-refractivity contribution in [3.63, 3.8) is 0 Å². The highest BCUT2D eigenvalue weighted by Gasteiger charge is 2.20. The molecule has 0 aliphatic carbocycles. The Morgan fingerprint density at radius 1 is 1.37 bits per heavy atom. The lowest BCUT2D eigenvalue weighted by Gasteiger charge is -2.37. The summed E-state index contributed by atoms with van der Waals surface area (Å²) in [6.45, 7) is 9.90. The minimum atomic E-state index is 0.482. The molecule has 0 bridgehead atoms. The van der Waals surface area contributed by atoms with Gasteiger partial charge >= 0.3 is 0 Å². The Labute approximate surface area is 115 Å². The molecule has 1 aliphatic heterocycles. The van der Waals surface area contributed by atoms with Crippen LogP contribution in [0.15, 0.2) is 12.3 Å². The van der Waals surface area contributed by atoms with Gasteiger partial charge in [-0.25, -0.2) is 15.8 Å². The smallest absolute Gasteiger partial charge is 0.237 e. The Morgan fingerprint density at radius 3 is 2.74 bits per heavy atom. The summed E-state index contributed by atoms with van der Waals surface area (Å²) >= 11 is 0. The van der Waals surface area contributed by atoms with Crippen molar-refractivity contribution in [1.29, 1.82) is 0 Å². The summed E-state index contributed by atoms with van der Waals surface area (Å²) in [7, 11) is 0. The fourth-order valence-electron chi connectivity index (χ4n) is 2.40. The van der Waals surface area contributed by atoms with Crippen molar-refractivity contribution in [2.75, 3.05) is 31.6 Å². The molecule has 1 atom stereocenters. The number of aromatic nitrogens is 2. The Morgan fingerprint density at radius 2 is 2.11 bits per heavy atom. The number of hydrazine groups is 1. The van der Waals surface area contributed by atoms with E-state index in [-0.39, 0.29) is 0 Å². The molecule has 6 heteroatoms. The monoisotopic (exact) mass is 264 g/mol. The molecule has 2 heterocycles. The zero-order chi connectivity index (χ0) is 13.7. The topological polar surface area (TPSA) is 70.3 Å². The first-order valence-electron chi connectivity index (χ1n) is 6.98. The SMILES string of the molecule is CCC(C)N1CCN(Cc2ccnc(NN)n2)CC1. The molecule has 2 rings (SSSR count). The van der Waals surface area contributed by atoms with Crippen LogP contribution in [0.1, 0.15) is 26.0 Å². The van der Waals surface area contributed by atoms with Crippen molar-refractivity contribution < 1.29 is 0 Å². The van der Waals surface area contributed by atoms with Crippen LogP contribution in [0, 0.1) is 0 Å². The molecule has 19 heavy (non-hydrogen) atoms. The minimum Gasteiger partial charge on any atom is -0.298 e. The molecule has 0 aromatic carbocycles. The normalized spacial score (nSPS) is 19.3. The third kappa shape index (κ3) is 3.86. The predicted molar refractivity (Wildman–Crippen MR) is 76.4 cm³/mol. The number of hydrogen-bond acceptors (Lipinski definition) is 6. The molecule has 0 saturated carbocycles. The van der Waals surface area contributed by atoms with Crippen LogP contribution in [0.4, 0.5) is 5.95 Å². The van der Waals surface area contributed by atoms with Gasteiger partial charge in [0.05, 0.1) is 5.69 Å². The first-order chi connectivity index (χ1) is 9.22. The van der Waals surface area contributed by atoms with Crippen molar-refractivity contribution in [3.8, 4) is 0 Å². The second-order valence-electron chi connectivity index (χ2n) is 5.09. The maximum Gasteiger partial charge on any atom is 0.237 e. The summed E-state index contributed by atoms with van der Waals surface area (Å²) in [5, 5.41) is 0. The first-order valence-corrected chi connectivity index (χ1v) is 6.98. The molecule has 6 nitrogen and oxygen atoms in total. The van der Waals surface area contributed by atoms with Gasteiger partial charge < -0.3 is 0 Å². The predicted octanol–water partition coefficient (Wildman–Crippen LogP) is 0.678. The van der Waals surface area contributed by atoms with E-state index in [9.17, 15) is 0 Å². The van der Waals surface area contributed by atoms with Gasteiger partial charge in [-0.2, -0.15) is 0 Å². The molecule has 1 fully saturated rings. The van der Waals surface area contributed by atoms with Crippen LogP contribution in [0.25, 0.3) is 0 Å². The first kappa shape index (κ1) is 14.2. The number of rotatable bonds is 5.